The summed E-state index contributed by atoms with van der Waals surface area (Å²) in [5.74, 6) is -1.40. The topological polar surface area (TPSA) is 97.1 Å². The summed E-state index contributed by atoms with van der Waals surface area (Å²) < 4.78 is 1.32. The van der Waals surface area contributed by atoms with Gasteiger partial charge < -0.3 is 10.4 Å². The lowest BCUT2D eigenvalue weighted by Crippen LogP contribution is -2.28. The van der Waals surface area contributed by atoms with E-state index < -0.39 is 5.97 Å². The molecule has 1 heterocycles. The number of carbonyl (C=O) groups excluding carboxylic acids is 1. The Kier molecular flexibility index (Phi) is 4.88. The number of aromatic nitrogens is 3. The number of amides is 1. The van der Waals surface area contributed by atoms with E-state index in [1.807, 2.05) is 26.0 Å². The summed E-state index contributed by atoms with van der Waals surface area (Å²) in [4.78, 5) is 23.2. The van der Waals surface area contributed by atoms with E-state index in [2.05, 4.69) is 15.6 Å². The van der Waals surface area contributed by atoms with Crippen molar-refractivity contribution in [3.8, 4) is 11.3 Å². The molecule has 2 rings (SSSR count). The fourth-order valence-corrected chi connectivity index (χ4v) is 2.02. The molecule has 7 nitrogen and oxygen atoms in total. The van der Waals surface area contributed by atoms with Crippen LogP contribution in [-0.2, 0) is 11.3 Å². The molecule has 0 radical (unpaired) electrons. The molecular weight excluding hydrogens is 284 g/mol. The van der Waals surface area contributed by atoms with E-state index in [4.69, 9.17) is 0 Å². The van der Waals surface area contributed by atoms with E-state index in [1.165, 1.54) is 4.68 Å². The van der Waals surface area contributed by atoms with E-state index in [-0.39, 0.29) is 18.1 Å². The number of aryl methyl sites for hydroxylation is 1. The van der Waals surface area contributed by atoms with Crippen LogP contribution in [0.3, 0.4) is 0 Å². The largest absolute Gasteiger partial charge is 0.476 e. The van der Waals surface area contributed by atoms with Crippen LogP contribution in [0.2, 0.25) is 0 Å². The van der Waals surface area contributed by atoms with Gasteiger partial charge in [0.1, 0.15) is 12.2 Å². The maximum absolute atomic E-state index is 11.8. The van der Waals surface area contributed by atoms with E-state index in [1.54, 1.807) is 12.1 Å². The molecule has 0 saturated heterocycles. The van der Waals surface area contributed by atoms with Crippen molar-refractivity contribution in [1.29, 1.82) is 0 Å². The lowest BCUT2D eigenvalue weighted by atomic mass is 10.1. The summed E-state index contributed by atoms with van der Waals surface area (Å²) in [5, 5.41) is 19.5. The second-order valence-electron chi connectivity index (χ2n) is 4.97. The molecule has 0 bridgehead atoms. The van der Waals surface area contributed by atoms with E-state index in [0.717, 1.165) is 12.0 Å². The van der Waals surface area contributed by atoms with Crippen molar-refractivity contribution in [2.24, 2.45) is 0 Å². The summed E-state index contributed by atoms with van der Waals surface area (Å²) in [7, 11) is 0. The van der Waals surface area contributed by atoms with Crippen molar-refractivity contribution in [1.82, 2.24) is 20.3 Å². The number of carbonyl (C=O) groups is 2. The molecule has 0 fully saturated rings. The number of hydrogen-bond acceptors (Lipinski definition) is 4. The molecule has 0 aliphatic heterocycles. The smallest absolute Gasteiger partial charge is 0.358 e. The van der Waals surface area contributed by atoms with Crippen molar-refractivity contribution in [3.63, 3.8) is 0 Å². The van der Waals surface area contributed by atoms with Gasteiger partial charge in [0.15, 0.2) is 5.69 Å². The minimum Gasteiger partial charge on any atom is -0.476 e. The predicted molar refractivity (Wildman–Crippen MR) is 80.5 cm³/mol. The number of benzene rings is 1. The number of carboxylic acid groups (broad SMARTS) is 1. The lowest BCUT2D eigenvalue weighted by Gasteiger charge is -2.08. The van der Waals surface area contributed by atoms with Gasteiger partial charge in [-0.15, -0.1) is 5.10 Å². The summed E-state index contributed by atoms with van der Waals surface area (Å²) in [6.45, 7) is 4.40. The number of hydrogen-bond donors (Lipinski definition) is 2. The first-order valence-corrected chi connectivity index (χ1v) is 7.03. The highest BCUT2D eigenvalue weighted by Crippen LogP contribution is 2.22. The zero-order valence-corrected chi connectivity index (χ0v) is 12.5. The number of nitrogens with zero attached hydrogens (tertiary/aromatic N) is 3. The molecule has 22 heavy (non-hydrogen) atoms. The molecule has 0 aliphatic carbocycles. The van der Waals surface area contributed by atoms with Crippen LogP contribution in [0.15, 0.2) is 24.3 Å². The van der Waals surface area contributed by atoms with Crippen molar-refractivity contribution in [2.45, 2.75) is 26.8 Å². The molecule has 0 aliphatic rings. The molecular formula is C15H18N4O3. The first-order chi connectivity index (χ1) is 10.5. The third kappa shape index (κ3) is 3.49. The Balaban J connectivity index is 2.36. The highest BCUT2D eigenvalue weighted by Gasteiger charge is 2.21. The number of rotatable bonds is 6. The Morgan fingerprint density at radius 1 is 1.27 bits per heavy atom. The average molecular weight is 302 g/mol. The van der Waals surface area contributed by atoms with Gasteiger partial charge >= 0.3 is 5.97 Å². The quantitative estimate of drug-likeness (QED) is 0.842. The minimum atomic E-state index is -1.17. The number of carboxylic acids is 1. The summed E-state index contributed by atoms with van der Waals surface area (Å²) in [6, 6.07) is 7.33. The van der Waals surface area contributed by atoms with Gasteiger partial charge in [-0.3, -0.25) is 4.79 Å². The maximum Gasteiger partial charge on any atom is 0.358 e. The van der Waals surface area contributed by atoms with Gasteiger partial charge in [-0.25, -0.2) is 9.48 Å². The third-order valence-electron chi connectivity index (χ3n) is 3.13. The van der Waals surface area contributed by atoms with Crippen LogP contribution in [0.4, 0.5) is 0 Å². The summed E-state index contributed by atoms with van der Waals surface area (Å²) >= 11 is 0. The second-order valence-corrected chi connectivity index (χ2v) is 4.97. The van der Waals surface area contributed by atoms with Gasteiger partial charge in [-0.1, -0.05) is 42.0 Å². The van der Waals surface area contributed by atoms with Gasteiger partial charge in [0.2, 0.25) is 5.91 Å². The number of aromatic carboxylic acids is 1. The van der Waals surface area contributed by atoms with Gasteiger partial charge in [0.25, 0.3) is 0 Å². The molecule has 1 amide bonds. The highest BCUT2D eigenvalue weighted by molar-refractivity contribution is 5.93. The monoisotopic (exact) mass is 302 g/mol. The molecule has 0 saturated carbocycles. The standard InChI is InChI=1S/C15H18N4O3/c1-3-8-16-12(20)9-19-14(13(15(21)22)17-18-19)11-6-4-10(2)5-7-11/h4-7H,3,8-9H2,1-2H3,(H,16,20)(H,21,22). The lowest BCUT2D eigenvalue weighted by molar-refractivity contribution is -0.121. The SMILES string of the molecule is CCCNC(=O)Cn1nnc(C(=O)O)c1-c1ccc(C)cc1. The van der Waals surface area contributed by atoms with Gasteiger partial charge in [0.05, 0.1) is 0 Å². The molecule has 0 unspecified atom stereocenters. The van der Waals surface area contributed by atoms with Crippen molar-refractivity contribution in [3.05, 3.63) is 35.5 Å². The Morgan fingerprint density at radius 2 is 1.95 bits per heavy atom. The maximum atomic E-state index is 11.8. The Bertz CT molecular complexity index is 677. The van der Waals surface area contributed by atoms with Crippen molar-refractivity contribution < 1.29 is 14.7 Å². The van der Waals surface area contributed by atoms with Gasteiger partial charge in [-0.05, 0) is 13.3 Å². The Morgan fingerprint density at radius 3 is 2.55 bits per heavy atom. The highest BCUT2D eigenvalue weighted by atomic mass is 16.4. The Hall–Kier alpha value is -2.70. The fourth-order valence-electron chi connectivity index (χ4n) is 2.02. The van der Waals surface area contributed by atoms with Crippen LogP contribution in [-0.4, -0.2) is 38.5 Å². The molecule has 2 N–H and O–H groups in total. The van der Waals surface area contributed by atoms with Crippen LogP contribution in [0.5, 0.6) is 0 Å². The molecule has 1 aromatic heterocycles. The van der Waals surface area contributed by atoms with Crippen LogP contribution in [0.1, 0.15) is 29.4 Å². The van der Waals surface area contributed by atoms with Crippen LogP contribution in [0.25, 0.3) is 11.3 Å². The second kappa shape index (κ2) is 6.84. The van der Waals surface area contributed by atoms with Gasteiger partial charge in [-0.2, -0.15) is 0 Å². The first kappa shape index (κ1) is 15.7. The molecule has 0 spiro atoms. The summed E-state index contributed by atoms with van der Waals surface area (Å²) in [6.07, 6.45) is 0.828. The van der Waals surface area contributed by atoms with Crippen molar-refractivity contribution in [2.75, 3.05) is 6.54 Å². The van der Waals surface area contributed by atoms with E-state index in [0.29, 0.717) is 17.8 Å². The van der Waals surface area contributed by atoms with E-state index >= 15 is 0 Å². The number of nitrogens with one attached hydrogen (secondary N) is 1. The van der Waals surface area contributed by atoms with Crippen LogP contribution in [0, 0.1) is 6.92 Å². The minimum absolute atomic E-state index is 0.0660. The molecule has 7 heteroatoms. The van der Waals surface area contributed by atoms with Crippen LogP contribution < -0.4 is 5.32 Å². The predicted octanol–water partition coefficient (Wildman–Crippen LogP) is 1.48. The first-order valence-electron chi connectivity index (χ1n) is 7.03. The third-order valence-corrected chi connectivity index (χ3v) is 3.13. The molecule has 116 valence electrons. The molecule has 2 aromatic rings. The normalized spacial score (nSPS) is 10.5. The fraction of sp³-hybridized carbons (Fsp3) is 0.333. The zero-order valence-electron chi connectivity index (χ0n) is 12.5. The molecule has 1 aromatic carbocycles. The van der Waals surface area contributed by atoms with Crippen LogP contribution >= 0.6 is 0 Å². The zero-order chi connectivity index (χ0) is 16.1. The molecule has 0 atom stereocenters. The van der Waals surface area contributed by atoms with Gasteiger partial charge in [0, 0.05) is 12.1 Å². The average Bonchev–Trinajstić information content (AvgIpc) is 2.89. The van der Waals surface area contributed by atoms with Crippen molar-refractivity contribution >= 4 is 11.9 Å². The Labute approximate surface area is 128 Å². The van der Waals surface area contributed by atoms with E-state index in [9.17, 15) is 14.7 Å². The summed E-state index contributed by atoms with van der Waals surface area (Å²) in [5.41, 5.74) is 1.89.